The summed E-state index contributed by atoms with van der Waals surface area (Å²) in [6, 6.07) is 9.97. The number of aliphatic hydroxyl groups is 1. The van der Waals surface area contributed by atoms with Crippen LogP contribution >= 0.6 is 0 Å². The molecule has 0 spiro atoms. The second kappa shape index (κ2) is 7.67. The molecule has 1 aromatic heterocycles. The van der Waals surface area contributed by atoms with Crippen LogP contribution in [0.15, 0.2) is 48.7 Å². The van der Waals surface area contributed by atoms with Crippen molar-refractivity contribution in [2.24, 2.45) is 0 Å². The van der Waals surface area contributed by atoms with Crippen LogP contribution in [-0.2, 0) is 22.4 Å². The molecule has 1 unspecified atom stereocenters. The van der Waals surface area contributed by atoms with Gasteiger partial charge in [0.15, 0.2) is 5.69 Å². The van der Waals surface area contributed by atoms with E-state index >= 15 is 0 Å². The van der Waals surface area contributed by atoms with Gasteiger partial charge in [-0.3, -0.25) is 9.59 Å². The number of H-pyrrole nitrogens is 1. The molecule has 10 nitrogen and oxygen atoms in total. The monoisotopic (exact) mass is 426 g/mol. The molecule has 3 atom stereocenters. The van der Waals surface area contributed by atoms with Crippen LogP contribution < -0.4 is 10.5 Å². The number of hydrogen-bond acceptors (Lipinski definition) is 6. The molecule has 31 heavy (non-hydrogen) atoms. The Bertz CT molecular complexity index is 1160. The summed E-state index contributed by atoms with van der Waals surface area (Å²) in [5.41, 5.74) is -0.389. The third-order valence-corrected chi connectivity index (χ3v) is 5.58. The zero-order valence-corrected chi connectivity index (χ0v) is 16.6. The van der Waals surface area contributed by atoms with Crippen molar-refractivity contribution in [3.8, 4) is 5.75 Å². The first kappa shape index (κ1) is 20.8. The fourth-order valence-electron chi connectivity index (χ4n) is 4.06. The van der Waals surface area contributed by atoms with Gasteiger partial charge in [0.1, 0.15) is 11.8 Å². The lowest BCUT2D eigenvalue weighted by Gasteiger charge is -2.41. The van der Waals surface area contributed by atoms with Crippen molar-refractivity contribution in [2.75, 3.05) is 7.05 Å². The van der Waals surface area contributed by atoms with E-state index < -0.39 is 28.8 Å². The smallest absolute Gasteiger partial charge is 0.276 e. The summed E-state index contributed by atoms with van der Waals surface area (Å²) >= 11 is 0. The van der Waals surface area contributed by atoms with E-state index in [2.05, 4.69) is 10.3 Å². The van der Waals surface area contributed by atoms with Crippen LogP contribution in [0, 0.1) is 5.21 Å². The summed E-state index contributed by atoms with van der Waals surface area (Å²) in [6.07, 6.45) is 1.48. The summed E-state index contributed by atoms with van der Waals surface area (Å²) in [7, 11) is 1.42. The van der Waals surface area contributed by atoms with Gasteiger partial charge in [0, 0.05) is 32.2 Å². The molecule has 0 bridgehead atoms. The molecule has 1 saturated heterocycles. The summed E-state index contributed by atoms with van der Waals surface area (Å²) in [5.74, 6) is -1.28. The van der Waals surface area contributed by atoms with Gasteiger partial charge in [-0.05, 0) is 29.3 Å². The SMILES string of the molecule is CN1C(=O)[C@](O)(Cc2cccc(O)c2)NC(=O)[C@@H]1Cc1c[nH]c2cccc([NH+]([O-])O)c12. The van der Waals surface area contributed by atoms with Crippen LogP contribution in [0.2, 0.25) is 0 Å². The molecular weight excluding hydrogens is 404 g/mol. The Morgan fingerprint density at radius 1 is 1.23 bits per heavy atom. The van der Waals surface area contributed by atoms with Gasteiger partial charge in [0.25, 0.3) is 5.91 Å². The standard InChI is InChI=1S/C21H22N4O6/c1-24-17(9-13-11-22-15-6-3-7-16(18(13)15)25(30)31)19(27)23-21(29,20(24)28)10-12-4-2-5-14(26)8-12/h2-8,11,17,22,25-26,29-30H,9-10H2,1H3,(H,23,27)/t17-,21+/m0/s1. The molecule has 1 aliphatic rings. The Kier molecular flexibility index (Phi) is 5.15. The van der Waals surface area contributed by atoms with Crippen LogP contribution in [-0.4, -0.2) is 55.9 Å². The number of carbonyl (C=O) groups is 2. The lowest BCUT2D eigenvalue weighted by atomic mass is 9.94. The van der Waals surface area contributed by atoms with Gasteiger partial charge < -0.3 is 30.6 Å². The topological polar surface area (TPSA) is 153 Å². The first-order valence-electron chi connectivity index (χ1n) is 9.61. The molecule has 3 aromatic rings. The number of benzene rings is 2. The second-order valence-electron chi connectivity index (χ2n) is 7.68. The molecule has 2 amide bonds. The number of amides is 2. The Morgan fingerprint density at radius 3 is 2.68 bits per heavy atom. The van der Waals surface area contributed by atoms with E-state index in [4.69, 9.17) is 0 Å². The predicted octanol–water partition coefficient (Wildman–Crippen LogP) is -0.293. The van der Waals surface area contributed by atoms with Crippen LogP contribution in [0.1, 0.15) is 11.1 Å². The van der Waals surface area contributed by atoms with E-state index in [-0.39, 0.29) is 24.3 Å². The number of nitrogens with zero attached hydrogens (tertiary/aromatic N) is 1. The number of fused-ring (bicyclic) bond motifs is 1. The van der Waals surface area contributed by atoms with Crippen LogP contribution in [0.3, 0.4) is 0 Å². The van der Waals surface area contributed by atoms with Crippen molar-refractivity contribution in [3.05, 3.63) is 65.0 Å². The lowest BCUT2D eigenvalue weighted by Crippen LogP contribution is -2.99. The Balaban J connectivity index is 1.61. The minimum atomic E-state index is -2.15. The number of piperazine rings is 1. The highest BCUT2D eigenvalue weighted by Gasteiger charge is 2.48. The van der Waals surface area contributed by atoms with E-state index in [9.17, 15) is 30.2 Å². The fourth-order valence-corrected chi connectivity index (χ4v) is 4.06. The molecule has 10 heteroatoms. The Morgan fingerprint density at radius 2 is 1.97 bits per heavy atom. The molecule has 2 aromatic carbocycles. The number of nitrogens with one attached hydrogen (secondary N) is 3. The molecule has 0 saturated carbocycles. The van der Waals surface area contributed by atoms with Crippen molar-refractivity contribution >= 4 is 28.4 Å². The molecule has 0 aliphatic carbocycles. The van der Waals surface area contributed by atoms with Gasteiger partial charge in [0.05, 0.1) is 10.9 Å². The number of carbonyl (C=O) groups excluding carboxylic acids is 2. The maximum absolute atomic E-state index is 13.0. The minimum Gasteiger partial charge on any atom is -0.595 e. The number of aromatic hydroxyl groups is 1. The van der Waals surface area contributed by atoms with E-state index in [1.54, 1.807) is 30.5 Å². The van der Waals surface area contributed by atoms with Crippen LogP contribution in [0.5, 0.6) is 5.75 Å². The van der Waals surface area contributed by atoms with Gasteiger partial charge in [0.2, 0.25) is 11.6 Å². The highest BCUT2D eigenvalue weighted by molar-refractivity contribution is 5.99. The number of hydrogen-bond donors (Lipinski definition) is 6. The van der Waals surface area contributed by atoms with Gasteiger partial charge in [-0.15, -0.1) is 0 Å². The van der Waals surface area contributed by atoms with Crippen molar-refractivity contribution < 1.29 is 30.2 Å². The van der Waals surface area contributed by atoms with E-state index in [1.165, 1.54) is 30.1 Å². The zero-order valence-electron chi connectivity index (χ0n) is 16.6. The number of quaternary nitrogens is 1. The highest BCUT2D eigenvalue weighted by atomic mass is 16.8. The van der Waals surface area contributed by atoms with Crippen LogP contribution in [0.25, 0.3) is 10.9 Å². The van der Waals surface area contributed by atoms with E-state index in [0.717, 1.165) is 0 Å². The number of aromatic nitrogens is 1. The molecule has 1 aliphatic heterocycles. The molecule has 2 heterocycles. The molecule has 162 valence electrons. The molecule has 4 rings (SSSR count). The largest absolute Gasteiger partial charge is 0.595 e. The van der Waals surface area contributed by atoms with Crippen molar-refractivity contribution in [1.29, 1.82) is 0 Å². The van der Waals surface area contributed by atoms with E-state index in [1.807, 2.05) is 0 Å². The second-order valence-corrected chi connectivity index (χ2v) is 7.68. The van der Waals surface area contributed by atoms with Crippen molar-refractivity contribution in [1.82, 2.24) is 15.2 Å². The van der Waals surface area contributed by atoms with Crippen molar-refractivity contribution in [2.45, 2.75) is 24.6 Å². The van der Waals surface area contributed by atoms with Gasteiger partial charge in [-0.25, -0.2) is 5.21 Å². The van der Waals surface area contributed by atoms with Crippen LogP contribution in [0.4, 0.5) is 5.69 Å². The minimum absolute atomic E-state index is 0.0181. The van der Waals surface area contributed by atoms with Gasteiger partial charge in [-0.2, -0.15) is 5.23 Å². The summed E-state index contributed by atoms with van der Waals surface area (Å²) in [6.45, 7) is 0. The Hall–Kier alpha value is -3.44. The third-order valence-electron chi connectivity index (χ3n) is 5.58. The number of phenolic OH excluding ortho intramolecular Hbond substituents is 1. The molecule has 1 fully saturated rings. The number of likely N-dealkylation sites (N-methyl/N-ethyl adjacent to an activating group) is 1. The summed E-state index contributed by atoms with van der Waals surface area (Å²) in [4.78, 5) is 30.0. The summed E-state index contributed by atoms with van der Waals surface area (Å²) in [5, 5.41) is 43.4. The first-order chi connectivity index (χ1) is 14.7. The number of aromatic amines is 1. The third kappa shape index (κ3) is 3.73. The normalized spacial score (nSPS) is 22.6. The number of phenols is 1. The fraction of sp³-hybridized carbons (Fsp3) is 0.238. The molecular formula is C21H22N4O6. The van der Waals surface area contributed by atoms with Gasteiger partial charge >= 0.3 is 0 Å². The summed E-state index contributed by atoms with van der Waals surface area (Å²) < 4.78 is 0. The highest BCUT2D eigenvalue weighted by Crippen LogP contribution is 2.28. The lowest BCUT2D eigenvalue weighted by molar-refractivity contribution is -0.990. The first-order valence-corrected chi connectivity index (χ1v) is 9.61. The Labute approximate surface area is 176 Å². The van der Waals surface area contributed by atoms with E-state index in [0.29, 0.717) is 22.0 Å². The predicted molar refractivity (Wildman–Crippen MR) is 109 cm³/mol. The molecule has 6 N–H and O–H groups in total. The zero-order chi connectivity index (χ0) is 22.3. The number of rotatable bonds is 5. The average molecular weight is 426 g/mol. The van der Waals surface area contributed by atoms with Gasteiger partial charge in [-0.1, -0.05) is 18.2 Å². The quantitative estimate of drug-likeness (QED) is 0.308. The average Bonchev–Trinajstić information content (AvgIpc) is 3.12. The maximum Gasteiger partial charge on any atom is 0.276 e. The molecule has 0 radical (unpaired) electrons. The maximum atomic E-state index is 13.0. The van der Waals surface area contributed by atoms with Crippen molar-refractivity contribution in [3.63, 3.8) is 0 Å².